The Bertz CT molecular complexity index is 822. The van der Waals surface area contributed by atoms with Gasteiger partial charge in [-0.2, -0.15) is 10.1 Å². The summed E-state index contributed by atoms with van der Waals surface area (Å²) in [6.45, 7) is 1.86. The molecule has 4 heterocycles. The Hall–Kier alpha value is -2.80. The van der Waals surface area contributed by atoms with Crippen LogP contribution >= 0.6 is 0 Å². The van der Waals surface area contributed by atoms with E-state index in [1.807, 2.05) is 37.5 Å². The topological polar surface area (TPSA) is 85.8 Å². The van der Waals surface area contributed by atoms with Crippen LogP contribution < -0.4 is 5.73 Å². The number of aryl methyl sites for hydroxylation is 1. The number of nitrogens with zero attached hydrogens (tertiary/aromatic N) is 6. The molecule has 2 N–H and O–H groups in total. The van der Waals surface area contributed by atoms with E-state index in [0.29, 0.717) is 5.95 Å². The van der Waals surface area contributed by atoms with E-state index in [1.165, 1.54) is 5.56 Å². The number of anilines is 1. The highest BCUT2D eigenvalue weighted by Gasteiger charge is 2.29. The number of pyridine rings is 2. The fourth-order valence-corrected chi connectivity index (χ4v) is 3.28. The largest absolute Gasteiger partial charge is 0.368 e. The maximum absolute atomic E-state index is 5.83. The van der Waals surface area contributed by atoms with E-state index in [4.69, 9.17) is 5.73 Å². The van der Waals surface area contributed by atoms with Crippen LogP contribution in [0.2, 0.25) is 0 Å². The van der Waals surface area contributed by atoms with Crippen LogP contribution in [-0.2, 0) is 13.6 Å². The number of rotatable bonds is 4. The van der Waals surface area contributed by atoms with Crippen LogP contribution in [0.4, 0.5) is 5.95 Å². The molecule has 0 aromatic carbocycles. The molecular weight excluding hydrogens is 314 g/mol. The Morgan fingerprint density at radius 2 is 2.04 bits per heavy atom. The first-order valence-electron chi connectivity index (χ1n) is 8.47. The van der Waals surface area contributed by atoms with Gasteiger partial charge in [-0.25, -0.2) is 4.68 Å². The van der Waals surface area contributed by atoms with E-state index >= 15 is 0 Å². The van der Waals surface area contributed by atoms with Crippen LogP contribution in [0.25, 0.3) is 11.4 Å². The molecule has 0 bridgehead atoms. The Kier molecular flexibility index (Phi) is 4.15. The minimum atomic E-state index is 0.221. The van der Waals surface area contributed by atoms with Crippen molar-refractivity contribution >= 4 is 5.95 Å². The molecular formula is C18H21N7. The quantitative estimate of drug-likeness (QED) is 0.786. The average Bonchev–Trinajstić information content (AvgIpc) is 3.23. The van der Waals surface area contributed by atoms with Gasteiger partial charge in [0.15, 0.2) is 5.82 Å². The van der Waals surface area contributed by atoms with Gasteiger partial charge in [0.1, 0.15) is 0 Å². The zero-order chi connectivity index (χ0) is 17.2. The summed E-state index contributed by atoms with van der Waals surface area (Å²) in [5, 5.41) is 4.45. The normalized spacial score (nSPS) is 17.9. The van der Waals surface area contributed by atoms with Crippen molar-refractivity contribution in [3.05, 3.63) is 54.1 Å². The van der Waals surface area contributed by atoms with Crippen LogP contribution in [0.5, 0.6) is 0 Å². The van der Waals surface area contributed by atoms with Gasteiger partial charge in [-0.3, -0.25) is 14.9 Å². The third-order valence-corrected chi connectivity index (χ3v) is 4.61. The molecule has 0 spiro atoms. The summed E-state index contributed by atoms with van der Waals surface area (Å²) >= 11 is 0. The van der Waals surface area contributed by atoms with Gasteiger partial charge in [-0.05, 0) is 43.1 Å². The summed E-state index contributed by atoms with van der Waals surface area (Å²) in [7, 11) is 1.82. The Morgan fingerprint density at radius 1 is 1.16 bits per heavy atom. The molecule has 3 aromatic heterocycles. The van der Waals surface area contributed by atoms with Crippen molar-refractivity contribution in [2.75, 3.05) is 12.3 Å². The summed E-state index contributed by atoms with van der Waals surface area (Å²) in [5.41, 5.74) is 8.79. The Morgan fingerprint density at radius 3 is 2.72 bits per heavy atom. The lowest BCUT2D eigenvalue weighted by Crippen LogP contribution is -2.23. The Balaban J connectivity index is 1.49. The van der Waals surface area contributed by atoms with Crippen molar-refractivity contribution in [1.82, 2.24) is 29.6 Å². The maximum Gasteiger partial charge on any atom is 0.218 e. The molecule has 0 amide bonds. The molecule has 1 unspecified atom stereocenters. The highest BCUT2D eigenvalue weighted by molar-refractivity contribution is 5.53. The molecule has 0 aliphatic carbocycles. The predicted molar refractivity (Wildman–Crippen MR) is 95.3 cm³/mol. The van der Waals surface area contributed by atoms with Crippen LogP contribution in [0, 0.1) is 0 Å². The van der Waals surface area contributed by atoms with Gasteiger partial charge < -0.3 is 5.73 Å². The van der Waals surface area contributed by atoms with Gasteiger partial charge in [0.25, 0.3) is 0 Å². The van der Waals surface area contributed by atoms with Crippen molar-refractivity contribution in [3.8, 4) is 11.4 Å². The van der Waals surface area contributed by atoms with Crippen LogP contribution in [0.3, 0.4) is 0 Å². The number of nitrogen functional groups attached to an aromatic ring is 1. The molecule has 1 fully saturated rings. The third-order valence-electron chi connectivity index (χ3n) is 4.61. The fraction of sp³-hybridized carbons (Fsp3) is 0.333. The molecule has 1 atom stereocenters. The SMILES string of the molecule is Cn1nc(C2CCCN2Cc2ccc(-c3ccccn3)nc2)nc1N. The smallest absolute Gasteiger partial charge is 0.218 e. The number of likely N-dealkylation sites (tertiary alicyclic amines) is 1. The number of hydrogen-bond acceptors (Lipinski definition) is 6. The van der Waals surface area contributed by atoms with Crippen molar-refractivity contribution in [2.24, 2.45) is 7.05 Å². The minimum Gasteiger partial charge on any atom is -0.368 e. The molecule has 1 aliphatic rings. The molecule has 0 radical (unpaired) electrons. The van der Waals surface area contributed by atoms with Gasteiger partial charge in [-0.15, -0.1) is 0 Å². The highest BCUT2D eigenvalue weighted by Crippen LogP contribution is 2.31. The lowest BCUT2D eigenvalue weighted by molar-refractivity contribution is 0.239. The summed E-state index contributed by atoms with van der Waals surface area (Å²) in [4.78, 5) is 15.7. The first-order valence-corrected chi connectivity index (χ1v) is 8.47. The van der Waals surface area contributed by atoms with Crippen molar-refractivity contribution in [1.29, 1.82) is 0 Å². The van der Waals surface area contributed by atoms with Gasteiger partial charge in [0.05, 0.1) is 17.4 Å². The second kappa shape index (κ2) is 6.60. The van der Waals surface area contributed by atoms with E-state index < -0.39 is 0 Å². The second-order valence-electron chi connectivity index (χ2n) is 6.35. The van der Waals surface area contributed by atoms with E-state index in [9.17, 15) is 0 Å². The summed E-state index contributed by atoms with van der Waals surface area (Å²) in [6.07, 6.45) is 5.91. The van der Waals surface area contributed by atoms with Gasteiger partial charge in [-0.1, -0.05) is 12.1 Å². The molecule has 128 valence electrons. The standard InChI is InChI=1S/C18H21N7/c1-24-18(19)22-17(23-24)16-6-4-10-25(16)12-13-7-8-15(21-11-13)14-5-2-3-9-20-14/h2-3,5,7-9,11,16H,4,6,10,12H2,1H3,(H2,19,22,23). The van der Waals surface area contributed by atoms with Crippen LogP contribution in [0.15, 0.2) is 42.7 Å². The lowest BCUT2D eigenvalue weighted by atomic mass is 10.1. The molecule has 0 saturated carbocycles. The van der Waals surface area contributed by atoms with Gasteiger partial charge in [0.2, 0.25) is 5.95 Å². The first-order chi connectivity index (χ1) is 12.2. The molecule has 4 rings (SSSR count). The lowest BCUT2D eigenvalue weighted by Gasteiger charge is -2.22. The minimum absolute atomic E-state index is 0.221. The zero-order valence-corrected chi connectivity index (χ0v) is 14.2. The van der Waals surface area contributed by atoms with Crippen molar-refractivity contribution in [2.45, 2.75) is 25.4 Å². The summed E-state index contributed by atoms with van der Waals surface area (Å²) < 4.78 is 1.63. The Labute approximate surface area is 146 Å². The maximum atomic E-state index is 5.83. The summed E-state index contributed by atoms with van der Waals surface area (Å²) in [5.74, 6) is 1.28. The second-order valence-corrected chi connectivity index (χ2v) is 6.35. The molecule has 3 aromatic rings. The number of hydrogen-bond donors (Lipinski definition) is 1. The van der Waals surface area contributed by atoms with Gasteiger partial charge in [0, 0.05) is 26.0 Å². The average molecular weight is 335 g/mol. The number of aromatic nitrogens is 5. The third kappa shape index (κ3) is 3.23. The highest BCUT2D eigenvalue weighted by atomic mass is 15.4. The molecule has 7 heteroatoms. The van der Waals surface area contributed by atoms with Crippen LogP contribution in [-0.4, -0.2) is 36.2 Å². The first kappa shape index (κ1) is 15.7. The molecule has 1 saturated heterocycles. The predicted octanol–water partition coefficient (Wildman–Crippen LogP) is 2.19. The van der Waals surface area contributed by atoms with E-state index in [2.05, 4.69) is 31.0 Å². The fourth-order valence-electron chi connectivity index (χ4n) is 3.28. The van der Waals surface area contributed by atoms with E-state index in [0.717, 1.165) is 43.1 Å². The van der Waals surface area contributed by atoms with E-state index in [1.54, 1.807) is 10.9 Å². The van der Waals surface area contributed by atoms with E-state index in [-0.39, 0.29) is 6.04 Å². The van der Waals surface area contributed by atoms with Crippen LogP contribution in [0.1, 0.15) is 30.3 Å². The molecule has 1 aliphatic heterocycles. The zero-order valence-electron chi connectivity index (χ0n) is 14.2. The molecule has 25 heavy (non-hydrogen) atoms. The van der Waals surface area contributed by atoms with Crippen molar-refractivity contribution < 1.29 is 0 Å². The van der Waals surface area contributed by atoms with Gasteiger partial charge >= 0.3 is 0 Å². The molecule has 7 nitrogen and oxygen atoms in total. The number of nitrogens with two attached hydrogens (primary N) is 1. The summed E-state index contributed by atoms with van der Waals surface area (Å²) in [6, 6.07) is 10.2. The van der Waals surface area contributed by atoms with Crippen molar-refractivity contribution in [3.63, 3.8) is 0 Å². The monoisotopic (exact) mass is 335 g/mol.